The van der Waals surface area contributed by atoms with Crippen molar-refractivity contribution < 1.29 is 14.0 Å². The molecule has 1 unspecified atom stereocenters. The molecule has 1 aromatic carbocycles. The van der Waals surface area contributed by atoms with Crippen LogP contribution in [0, 0.1) is 0 Å². The molecule has 0 fully saturated rings. The second kappa shape index (κ2) is 12.1. The maximum Gasteiger partial charge on any atom is 0.268 e. The second-order valence-corrected chi connectivity index (χ2v) is 16.0. The molecule has 0 bridgehead atoms. The fraction of sp³-hybridized carbons (Fsp3) is 0.571. The van der Waals surface area contributed by atoms with Crippen LogP contribution in [-0.2, 0) is 11.0 Å². The lowest BCUT2D eigenvalue weighted by molar-refractivity contribution is 0.0995. The van der Waals surface area contributed by atoms with Crippen molar-refractivity contribution in [1.29, 1.82) is 0 Å². The van der Waals surface area contributed by atoms with Crippen molar-refractivity contribution in [1.82, 2.24) is 14.1 Å². The largest absolute Gasteiger partial charge is 0.494 e. The van der Waals surface area contributed by atoms with Crippen LogP contribution in [0.4, 0.5) is 0 Å². The Morgan fingerprint density at radius 1 is 1.17 bits per heavy atom. The third-order valence-corrected chi connectivity index (χ3v) is 11.9. The number of benzene rings is 1. The van der Waals surface area contributed by atoms with E-state index in [1.807, 2.05) is 4.57 Å². The molecule has 1 atom stereocenters. The van der Waals surface area contributed by atoms with Crippen molar-refractivity contribution in [3.8, 4) is 5.75 Å². The number of hydrogen-bond donors (Lipinski definition) is 1. The number of aryl methyl sites for hydroxylation is 1. The van der Waals surface area contributed by atoms with Gasteiger partial charge in [0, 0.05) is 29.8 Å². The average Bonchev–Trinajstić information content (AvgIpc) is 3.46. The van der Waals surface area contributed by atoms with Gasteiger partial charge in [-0.1, -0.05) is 47.0 Å². The molecular weight excluding hydrogens is 468 g/mol. The Balaban J connectivity index is 1.70. The van der Waals surface area contributed by atoms with E-state index in [-0.39, 0.29) is 16.8 Å². The van der Waals surface area contributed by atoms with E-state index in [0.29, 0.717) is 6.61 Å². The highest BCUT2D eigenvalue weighted by Gasteiger charge is 2.37. The van der Waals surface area contributed by atoms with Crippen molar-refractivity contribution in [2.24, 2.45) is 5.73 Å². The Kier molecular flexibility index (Phi) is 9.41. The van der Waals surface area contributed by atoms with Crippen molar-refractivity contribution in [3.63, 3.8) is 0 Å². The lowest BCUT2D eigenvalue weighted by Crippen LogP contribution is -2.42. The lowest BCUT2D eigenvalue weighted by atomic mass is 10.2. The SMILES string of the molecule is CCCCCCOc1ccc2c(ccn2CCC(CO[Si](C)(C)C(C)(C)C)n2cnc(C(N)=O)c2)c1. The van der Waals surface area contributed by atoms with E-state index in [4.69, 9.17) is 14.9 Å². The lowest BCUT2D eigenvalue weighted by Gasteiger charge is -2.37. The summed E-state index contributed by atoms with van der Waals surface area (Å²) in [6.45, 7) is 15.6. The van der Waals surface area contributed by atoms with Crippen LogP contribution in [0.25, 0.3) is 10.9 Å². The summed E-state index contributed by atoms with van der Waals surface area (Å²) in [5.41, 5.74) is 6.91. The van der Waals surface area contributed by atoms with E-state index in [1.54, 1.807) is 12.5 Å². The van der Waals surface area contributed by atoms with Gasteiger partial charge in [0.25, 0.3) is 5.91 Å². The number of hydrogen-bond acceptors (Lipinski definition) is 4. The molecule has 36 heavy (non-hydrogen) atoms. The van der Waals surface area contributed by atoms with Gasteiger partial charge in [-0.2, -0.15) is 0 Å². The predicted octanol–water partition coefficient (Wildman–Crippen LogP) is 6.55. The smallest absolute Gasteiger partial charge is 0.268 e. The molecule has 7 nitrogen and oxygen atoms in total. The molecule has 0 aliphatic heterocycles. The van der Waals surface area contributed by atoms with Crippen molar-refractivity contribution in [2.45, 2.75) is 90.5 Å². The quantitative estimate of drug-likeness (QED) is 0.196. The van der Waals surface area contributed by atoms with Gasteiger partial charge in [-0.15, -0.1) is 0 Å². The van der Waals surface area contributed by atoms with Crippen LogP contribution >= 0.6 is 0 Å². The molecule has 3 rings (SSSR count). The summed E-state index contributed by atoms with van der Waals surface area (Å²) in [5, 5.41) is 1.30. The van der Waals surface area contributed by atoms with Crippen molar-refractivity contribution >= 4 is 25.1 Å². The highest BCUT2D eigenvalue weighted by Crippen LogP contribution is 2.37. The van der Waals surface area contributed by atoms with Gasteiger partial charge in [0.1, 0.15) is 11.4 Å². The number of carbonyl (C=O) groups is 1. The zero-order valence-corrected chi connectivity index (χ0v) is 23.9. The predicted molar refractivity (Wildman–Crippen MR) is 149 cm³/mol. The molecule has 0 radical (unpaired) electrons. The van der Waals surface area contributed by atoms with E-state index in [2.05, 4.69) is 80.8 Å². The number of amides is 1. The summed E-state index contributed by atoms with van der Waals surface area (Å²) < 4.78 is 16.8. The van der Waals surface area contributed by atoms with Gasteiger partial charge in [-0.3, -0.25) is 4.79 Å². The van der Waals surface area contributed by atoms with Crippen LogP contribution < -0.4 is 10.5 Å². The molecule has 1 amide bonds. The molecule has 3 aromatic rings. The highest BCUT2D eigenvalue weighted by atomic mass is 28.4. The number of ether oxygens (including phenoxy) is 1. The fourth-order valence-electron chi connectivity index (χ4n) is 3.97. The van der Waals surface area contributed by atoms with Gasteiger partial charge in [0.05, 0.1) is 25.6 Å². The molecule has 198 valence electrons. The molecular formula is C28H44N4O3Si. The van der Waals surface area contributed by atoms with Crippen molar-refractivity contribution in [2.75, 3.05) is 13.2 Å². The van der Waals surface area contributed by atoms with Crippen LogP contribution in [0.15, 0.2) is 43.0 Å². The average molecular weight is 513 g/mol. The third-order valence-electron chi connectivity index (χ3n) is 7.43. The first-order valence-electron chi connectivity index (χ1n) is 13.2. The Morgan fingerprint density at radius 3 is 2.61 bits per heavy atom. The van der Waals surface area contributed by atoms with Crippen LogP contribution in [0.2, 0.25) is 18.1 Å². The molecule has 0 aliphatic carbocycles. The first kappa shape index (κ1) is 28.0. The molecule has 2 aromatic heterocycles. The summed E-state index contributed by atoms with van der Waals surface area (Å²) in [5.74, 6) is 0.410. The minimum Gasteiger partial charge on any atom is -0.494 e. The van der Waals surface area contributed by atoms with E-state index >= 15 is 0 Å². The summed E-state index contributed by atoms with van der Waals surface area (Å²) in [6, 6.07) is 8.51. The molecule has 0 aliphatic rings. The molecule has 2 N–H and O–H groups in total. The van der Waals surface area contributed by atoms with Gasteiger partial charge in [0.15, 0.2) is 8.32 Å². The van der Waals surface area contributed by atoms with E-state index in [0.717, 1.165) is 31.7 Å². The summed E-state index contributed by atoms with van der Waals surface area (Å²) in [6.07, 6.45) is 11.2. The zero-order valence-electron chi connectivity index (χ0n) is 22.9. The van der Waals surface area contributed by atoms with Gasteiger partial charge in [-0.25, -0.2) is 4.98 Å². The number of rotatable bonds is 14. The third kappa shape index (κ3) is 7.23. The topological polar surface area (TPSA) is 84.3 Å². The van der Waals surface area contributed by atoms with Crippen LogP contribution in [0.1, 0.15) is 76.3 Å². The summed E-state index contributed by atoms with van der Waals surface area (Å²) in [4.78, 5) is 15.8. The molecule has 0 spiro atoms. The number of nitrogens with two attached hydrogens (primary N) is 1. The summed E-state index contributed by atoms with van der Waals surface area (Å²) >= 11 is 0. The van der Waals surface area contributed by atoms with Gasteiger partial charge >= 0.3 is 0 Å². The van der Waals surface area contributed by atoms with Gasteiger partial charge in [0.2, 0.25) is 0 Å². The normalized spacial score (nSPS) is 13.3. The number of primary amides is 1. The monoisotopic (exact) mass is 512 g/mol. The van der Waals surface area contributed by atoms with Crippen LogP contribution in [0.5, 0.6) is 5.75 Å². The summed E-state index contributed by atoms with van der Waals surface area (Å²) in [7, 11) is -1.93. The molecule has 2 heterocycles. The number of imidazole rings is 1. The number of nitrogens with zero attached hydrogens (tertiary/aromatic N) is 3. The first-order valence-corrected chi connectivity index (χ1v) is 16.1. The van der Waals surface area contributed by atoms with Crippen LogP contribution in [-0.4, -0.2) is 41.6 Å². The fourth-order valence-corrected chi connectivity index (χ4v) is 5.02. The van der Waals surface area contributed by atoms with Gasteiger partial charge in [-0.05, 0) is 55.2 Å². The van der Waals surface area contributed by atoms with E-state index < -0.39 is 14.2 Å². The van der Waals surface area contributed by atoms with Crippen molar-refractivity contribution in [3.05, 3.63) is 48.7 Å². The zero-order chi connectivity index (χ0) is 26.3. The number of fused-ring (bicyclic) bond motifs is 1. The minimum absolute atomic E-state index is 0.0444. The number of aromatic nitrogens is 3. The maximum absolute atomic E-state index is 11.6. The maximum atomic E-state index is 11.6. The number of unbranched alkanes of at least 4 members (excludes halogenated alkanes) is 3. The van der Waals surface area contributed by atoms with E-state index in [9.17, 15) is 4.79 Å². The molecule has 0 saturated carbocycles. The van der Waals surface area contributed by atoms with Gasteiger partial charge < -0.3 is 24.0 Å². The molecule has 0 saturated heterocycles. The standard InChI is InChI=1S/C28H44N4O3Si/c1-7-8-9-10-17-34-24-11-12-26-22(18-24)13-15-31(26)16-14-23(20-35-36(5,6)28(2,3)4)32-19-25(27(29)33)30-21-32/h11-13,15,18-19,21,23H,7-10,14,16-17,20H2,1-6H3,(H2,29,33). The first-order chi connectivity index (χ1) is 17.0. The Labute approximate surface area is 217 Å². The second-order valence-electron chi connectivity index (χ2n) is 11.2. The Morgan fingerprint density at radius 2 is 1.94 bits per heavy atom. The number of carbonyl (C=O) groups excluding carboxylic acids is 1. The highest BCUT2D eigenvalue weighted by molar-refractivity contribution is 6.74. The Hall–Kier alpha value is -2.58. The van der Waals surface area contributed by atoms with Crippen LogP contribution in [0.3, 0.4) is 0 Å². The Bertz CT molecular complexity index is 1130. The molecule has 8 heteroatoms. The van der Waals surface area contributed by atoms with E-state index in [1.165, 1.54) is 30.2 Å². The minimum atomic E-state index is -1.93.